The van der Waals surface area contributed by atoms with Crippen molar-refractivity contribution in [3.05, 3.63) is 27.7 Å². The zero-order valence-corrected chi connectivity index (χ0v) is 10.1. The van der Waals surface area contributed by atoms with Crippen molar-refractivity contribution in [2.24, 2.45) is 5.73 Å². The van der Waals surface area contributed by atoms with Crippen molar-refractivity contribution in [2.45, 2.75) is 19.4 Å². The highest BCUT2D eigenvalue weighted by atomic mass is 35.5. The fourth-order valence-electron chi connectivity index (χ4n) is 2.02. The van der Waals surface area contributed by atoms with Crippen molar-refractivity contribution < 1.29 is 0 Å². The first-order chi connectivity index (χ1) is 7.09. The van der Waals surface area contributed by atoms with Gasteiger partial charge in [0, 0.05) is 19.1 Å². The summed E-state index contributed by atoms with van der Waals surface area (Å²) in [6.45, 7) is 3.81. The van der Waals surface area contributed by atoms with Gasteiger partial charge in [-0.1, -0.05) is 29.3 Å². The van der Waals surface area contributed by atoms with E-state index in [1.54, 1.807) is 0 Å². The number of anilines is 1. The molecule has 1 aliphatic rings. The minimum atomic E-state index is 0.144. The number of nitrogens with two attached hydrogens (primary N) is 1. The minimum absolute atomic E-state index is 0.144. The molecule has 1 aromatic carbocycles. The summed E-state index contributed by atoms with van der Waals surface area (Å²) in [4.78, 5) is 2.22. The number of nitrogens with zero attached hydrogens (tertiary/aromatic N) is 1. The van der Waals surface area contributed by atoms with Gasteiger partial charge in [0.15, 0.2) is 0 Å². The molecule has 0 unspecified atom stereocenters. The van der Waals surface area contributed by atoms with Crippen molar-refractivity contribution in [2.75, 3.05) is 18.0 Å². The van der Waals surface area contributed by atoms with E-state index in [1.165, 1.54) is 5.56 Å². The zero-order chi connectivity index (χ0) is 11.0. The number of rotatable bonds is 2. The molecule has 0 spiro atoms. The third-order valence-corrected chi connectivity index (χ3v) is 3.42. The molecule has 2 nitrogen and oxygen atoms in total. The lowest BCUT2D eigenvalue weighted by Gasteiger charge is -2.22. The topological polar surface area (TPSA) is 29.3 Å². The fraction of sp³-hybridized carbons (Fsp3) is 0.455. The molecule has 82 valence electrons. The highest BCUT2D eigenvalue weighted by Gasteiger charge is 2.23. The van der Waals surface area contributed by atoms with Crippen molar-refractivity contribution in [3.63, 3.8) is 0 Å². The van der Waals surface area contributed by atoms with Crippen LogP contribution in [0.1, 0.15) is 12.5 Å². The van der Waals surface area contributed by atoms with Crippen LogP contribution >= 0.6 is 23.2 Å². The van der Waals surface area contributed by atoms with Gasteiger partial charge in [-0.15, -0.1) is 0 Å². The molecule has 0 aromatic heterocycles. The molecule has 1 aromatic rings. The van der Waals surface area contributed by atoms with Crippen LogP contribution in [0.4, 0.5) is 5.69 Å². The average molecular weight is 245 g/mol. The third kappa shape index (κ3) is 2.07. The lowest BCUT2D eigenvalue weighted by molar-refractivity contribution is 0.693. The summed E-state index contributed by atoms with van der Waals surface area (Å²) in [5.74, 6) is 0. The van der Waals surface area contributed by atoms with E-state index >= 15 is 0 Å². The molecule has 0 amide bonds. The second-order valence-corrected chi connectivity index (χ2v) is 4.83. The molecular formula is C11H14Cl2N2. The summed E-state index contributed by atoms with van der Waals surface area (Å²) in [6, 6.07) is 4.05. The van der Waals surface area contributed by atoms with Crippen molar-refractivity contribution in [1.29, 1.82) is 0 Å². The summed E-state index contributed by atoms with van der Waals surface area (Å²) in [7, 11) is 0. The van der Waals surface area contributed by atoms with Crippen molar-refractivity contribution >= 4 is 28.9 Å². The highest BCUT2D eigenvalue weighted by molar-refractivity contribution is 6.43. The molecule has 0 aliphatic carbocycles. The molecule has 2 N–H and O–H groups in total. The quantitative estimate of drug-likeness (QED) is 0.867. The predicted octanol–water partition coefficient (Wildman–Crippen LogP) is 2.70. The maximum atomic E-state index is 6.20. The Morgan fingerprint density at radius 1 is 1.47 bits per heavy atom. The van der Waals surface area contributed by atoms with Gasteiger partial charge in [-0.3, -0.25) is 0 Å². The van der Waals surface area contributed by atoms with Crippen LogP contribution in [0.25, 0.3) is 0 Å². The Morgan fingerprint density at radius 2 is 2.20 bits per heavy atom. The van der Waals surface area contributed by atoms with E-state index in [0.29, 0.717) is 10.0 Å². The van der Waals surface area contributed by atoms with Crippen molar-refractivity contribution in [1.82, 2.24) is 0 Å². The van der Waals surface area contributed by atoms with Crippen LogP contribution in [0.5, 0.6) is 0 Å². The monoisotopic (exact) mass is 244 g/mol. The van der Waals surface area contributed by atoms with E-state index < -0.39 is 0 Å². The van der Waals surface area contributed by atoms with Crippen LogP contribution in [0, 0.1) is 0 Å². The number of halogens is 2. The van der Waals surface area contributed by atoms with Gasteiger partial charge in [-0.2, -0.15) is 0 Å². The second kappa shape index (κ2) is 4.20. The molecule has 1 atom stereocenters. The average Bonchev–Trinajstić information content (AvgIpc) is 2.55. The maximum absolute atomic E-state index is 6.20. The Kier molecular flexibility index (Phi) is 3.10. The molecule has 0 fully saturated rings. The van der Waals surface area contributed by atoms with Crippen LogP contribution in [0.15, 0.2) is 12.1 Å². The molecule has 1 heterocycles. The van der Waals surface area contributed by atoms with Crippen LogP contribution in [0.3, 0.4) is 0 Å². The maximum Gasteiger partial charge on any atom is 0.0828 e. The summed E-state index contributed by atoms with van der Waals surface area (Å²) >= 11 is 12.2. The fourth-order valence-corrected chi connectivity index (χ4v) is 2.48. The summed E-state index contributed by atoms with van der Waals surface area (Å²) < 4.78 is 0. The molecule has 0 saturated heterocycles. The van der Waals surface area contributed by atoms with Gasteiger partial charge in [-0.25, -0.2) is 0 Å². The number of fused-ring (bicyclic) bond motifs is 1. The van der Waals surface area contributed by atoms with Crippen LogP contribution < -0.4 is 10.6 Å². The van der Waals surface area contributed by atoms with Gasteiger partial charge in [0.05, 0.1) is 15.7 Å². The van der Waals surface area contributed by atoms with E-state index in [0.717, 1.165) is 25.2 Å². The largest absolute Gasteiger partial charge is 0.368 e. The standard InChI is InChI=1S/C11H14Cl2N2/c1-7(14)6-15-5-4-8-2-3-9(12)10(13)11(8)15/h2-3,7H,4-6,14H2,1H3/t7-/m1/s1. The Morgan fingerprint density at radius 3 is 2.87 bits per heavy atom. The zero-order valence-electron chi connectivity index (χ0n) is 8.63. The summed E-state index contributed by atoms with van der Waals surface area (Å²) in [5, 5.41) is 1.28. The third-order valence-electron chi connectivity index (χ3n) is 2.63. The molecule has 4 heteroatoms. The summed E-state index contributed by atoms with van der Waals surface area (Å²) in [6.07, 6.45) is 1.03. The Balaban J connectivity index is 2.36. The first-order valence-electron chi connectivity index (χ1n) is 5.07. The van der Waals surface area contributed by atoms with Gasteiger partial charge in [0.2, 0.25) is 0 Å². The van der Waals surface area contributed by atoms with Gasteiger partial charge >= 0.3 is 0 Å². The van der Waals surface area contributed by atoms with Crippen LogP contribution in [0.2, 0.25) is 10.0 Å². The molecular weight excluding hydrogens is 231 g/mol. The number of hydrogen-bond acceptors (Lipinski definition) is 2. The molecule has 15 heavy (non-hydrogen) atoms. The Bertz CT molecular complexity index is 377. The van der Waals surface area contributed by atoms with E-state index in [2.05, 4.69) is 4.90 Å². The van der Waals surface area contributed by atoms with E-state index in [-0.39, 0.29) is 6.04 Å². The Labute approximate surface area is 100.0 Å². The van der Waals surface area contributed by atoms with Crippen LogP contribution in [-0.2, 0) is 6.42 Å². The van der Waals surface area contributed by atoms with Gasteiger partial charge in [0.1, 0.15) is 0 Å². The van der Waals surface area contributed by atoms with Gasteiger partial charge < -0.3 is 10.6 Å². The molecule has 2 rings (SSSR count). The van der Waals surface area contributed by atoms with Crippen LogP contribution in [-0.4, -0.2) is 19.1 Å². The first-order valence-corrected chi connectivity index (χ1v) is 5.82. The van der Waals surface area contributed by atoms with Gasteiger partial charge in [0.25, 0.3) is 0 Å². The summed E-state index contributed by atoms with van der Waals surface area (Å²) in [5.41, 5.74) is 8.14. The van der Waals surface area contributed by atoms with E-state index in [9.17, 15) is 0 Å². The Hall–Kier alpha value is -0.440. The molecule has 0 radical (unpaired) electrons. The number of benzene rings is 1. The first kappa shape index (κ1) is 11.1. The van der Waals surface area contributed by atoms with Crippen molar-refractivity contribution in [3.8, 4) is 0 Å². The normalized spacial score (nSPS) is 16.7. The number of hydrogen-bond donors (Lipinski definition) is 1. The second-order valence-electron chi connectivity index (χ2n) is 4.04. The molecule has 0 bridgehead atoms. The minimum Gasteiger partial charge on any atom is -0.368 e. The highest BCUT2D eigenvalue weighted by Crippen LogP contribution is 2.39. The molecule has 0 saturated carbocycles. The lowest BCUT2D eigenvalue weighted by Crippen LogP contribution is -2.34. The van der Waals surface area contributed by atoms with Gasteiger partial charge in [-0.05, 0) is 25.0 Å². The van der Waals surface area contributed by atoms with E-state index in [4.69, 9.17) is 28.9 Å². The lowest BCUT2D eigenvalue weighted by atomic mass is 10.2. The smallest absolute Gasteiger partial charge is 0.0828 e. The predicted molar refractivity (Wildman–Crippen MR) is 66.0 cm³/mol. The van der Waals surface area contributed by atoms with E-state index in [1.807, 2.05) is 19.1 Å². The molecule has 1 aliphatic heterocycles. The SMILES string of the molecule is C[C@@H](N)CN1CCc2ccc(Cl)c(Cl)c21.